The lowest BCUT2D eigenvalue weighted by atomic mass is 10.0. The van der Waals surface area contributed by atoms with E-state index in [-0.39, 0.29) is 25.5 Å². The van der Waals surface area contributed by atoms with Crippen LogP contribution in [0.5, 0.6) is 0 Å². The third kappa shape index (κ3) is 40.6. The van der Waals surface area contributed by atoms with E-state index in [4.69, 9.17) is 9.05 Å². The lowest BCUT2D eigenvalue weighted by molar-refractivity contribution is -0.870. The van der Waals surface area contributed by atoms with Gasteiger partial charge in [0.15, 0.2) is 0 Å². The highest BCUT2D eigenvalue weighted by atomic mass is 31.2. The van der Waals surface area contributed by atoms with E-state index in [1.54, 1.807) is 0 Å². The Hall–Kier alpha value is -1.54. The summed E-state index contributed by atoms with van der Waals surface area (Å²) < 4.78 is 23.2. The van der Waals surface area contributed by atoms with Gasteiger partial charge in [0.25, 0.3) is 7.82 Å². The fourth-order valence-corrected chi connectivity index (χ4v) is 7.11. The molecule has 0 spiro atoms. The topological polar surface area (TPSA) is 108 Å². The summed E-state index contributed by atoms with van der Waals surface area (Å²) in [7, 11) is 1.26. The molecule has 0 fully saturated rings. The number of hydrogen-bond donors (Lipinski definition) is 2. The first kappa shape index (κ1) is 54.5. The van der Waals surface area contributed by atoms with Crippen LogP contribution in [0.15, 0.2) is 48.6 Å². The molecule has 3 unspecified atom stereocenters. The van der Waals surface area contributed by atoms with Crippen LogP contribution < -0.4 is 10.2 Å². The van der Waals surface area contributed by atoms with Gasteiger partial charge >= 0.3 is 0 Å². The zero-order valence-electron chi connectivity index (χ0n) is 37.1. The molecule has 0 saturated heterocycles. The van der Waals surface area contributed by atoms with Gasteiger partial charge in [0.05, 0.1) is 39.9 Å². The summed E-state index contributed by atoms with van der Waals surface area (Å²) in [6.45, 7) is 4.66. The molecular weight excluding hydrogens is 719 g/mol. The first-order chi connectivity index (χ1) is 27.0. The smallest absolute Gasteiger partial charge is 0.268 e. The number of rotatable bonds is 41. The van der Waals surface area contributed by atoms with Gasteiger partial charge in [-0.25, -0.2) is 0 Å². The minimum absolute atomic E-state index is 0.000461. The number of carbonyl (C=O) groups excluding carboxylic acids is 1. The van der Waals surface area contributed by atoms with E-state index >= 15 is 0 Å². The van der Waals surface area contributed by atoms with Crippen LogP contribution in [0.1, 0.15) is 194 Å². The highest BCUT2D eigenvalue weighted by molar-refractivity contribution is 7.45. The molecule has 0 aromatic rings. The second-order valence-electron chi connectivity index (χ2n) is 16.8. The summed E-state index contributed by atoms with van der Waals surface area (Å²) in [4.78, 5) is 25.3. The number of carbonyl (C=O) groups is 1. The Bertz CT molecular complexity index is 1050. The van der Waals surface area contributed by atoms with E-state index in [1.807, 2.05) is 21.1 Å². The van der Waals surface area contributed by atoms with Crippen molar-refractivity contribution in [2.75, 3.05) is 40.9 Å². The minimum Gasteiger partial charge on any atom is -0.756 e. The van der Waals surface area contributed by atoms with Crippen molar-refractivity contribution in [1.29, 1.82) is 0 Å². The number of aliphatic hydroxyl groups excluding tert-OH is 1. The maximum atomic E-state index is 12.9. The van der Waals surface area contributed by atoms with E-state index in [9.17, 15) is 19.4 Å². The molecule has 0 saturated carbocycles. The van der Waals surface area contributed by atoms with Crippen molar-refractivity contribution >= 4 is 13.7 Å². The van der Waals surface area contributed by atoms with Crippen LogP contribution >= 0.6 is 7.82 Å². The summed E-state index contributed by atoms with van der Waals surface area (Å²) in [5.41, 5.74) is 0. The average molecular weight is 809 g/mol. The minimum atomic E-state index is -4.58. The number of unbranched alkanes of at least 4 members (excludes halogenated alkanes) is 20. The lowest BCUT2D eigenvalue weighted by Crippen LogP contribution is -2.46. The van der Waals surface area contributed by atoms with Gasteiger partial charge in [-0.1, -0.05) is 184 Å². The number of allylic oxidation sites excluding steroid dienone is 8. The Morgan fingerprint density at radius 2 is 1.04 bits per heavy atom. The van der Waals surface area contributed by atoms with Crippen molar-refractivity contribution in [3.05, 3.63) is 48.6 Å². The summed E-state index contributed by atoms with van der Waals surface area (Å²) in [5, 5.41) is 13.9. The number of nitrogens with one attached hydrogen (secondary N) is 1. The van der Waals surface area contributed by atoms with E-state index in [2.05, 4.69) is 67.8 Å². The van der Waals surface area contributed by atoms with E-state index < -0.39 is 20.0 Å². The van der Waals surface area contributed by atoms with Crippen LogP contribution in [0.2, 0.25) is 0 Å². The number of phosphoric ester groups is 1. The highest BCUT2D eigenvalue weighted by Gasteiger charge is 2.24. The van der Waals surface area contributed by atoms with Crippen molar-refractivity contribution in [2.24, 2.45) is 0 Å². The molecule has 8 nitrogen and oxygen atoms in total. The molecule has 0 aliphatic heterocycles. The molecule has 328 valence electrons. The molecule has 0 aliphatic rings. The lowest BCUT2D eigenvalue weighted by Gasteiger charge is -2.30. The van der Waals surface area contributed by atoms with Gasteiger partial charge in [0.1, 0.15) is 13.2 Å². The molecule has 3 atom stereocenters. The molecule has 0 bridgehead atoms. The van der Waals surface area contributed by atoms with Gasteiger partial charge in [0.2, 0.25) is 5.91 Å². The van der Waals surface area contributed by atoms with Crippen molar-refractivity contribution in [1.82, 2.24) is 5.32 Å². The quantitative estimate of drug-likeness (QED) is 0.0276. The predicted octanol–water partition coefficient (Wildman–Crippen LogP) is 12.2. The largest absolute Gasteiger partial charge is 0.756 e. The second-order valence-corrected chi connectivity index (χ2v) is 18.2. The molecule has 0 rings (SSSR count). The van der Waals surface area contributed by atoms with Gasteiger partial charge in [-0.15, -0.1) is 0 Å². The molecule has 0 heterocycles. The van der Waals surface area contributed by atoms with Gasteiger partial charge in [-0.2, -0.15) is 0 Å². The summed E-state index contributed by atoms with van der Waals surface area (Å²) in [6.07, 6.45) is 48.4. The molecule has 9 heteroatoms. The third-order valence-electron chi connectivity index (χ3n) is 10.1. The molecule has 56 heavy (non-hydrogen) atoms. The maximum Gasteiger partial charge on any atom is 0.268 e. The molecule has 0 radical (unpaired) electrons. The SMILES string of the molecule is CCCCCCCCC/C=C/C/C=C/C/C=C/C/C=C/CCCC(=O)NC(COP(=O)([O-])OCC[N+](C)(C)C)C(O)CCCCCCCCCCCCCCC. The van der Waals surface area contributed by atoms with Gasteiger partial charge in [-0.3, -0.25) is 9.36 Å². The average Bonchev–Trinajstić information content (AvgIpc) is 3.15. The number of likely N-dealkylation sites (N-methyl/N-ethyl adjacent to an activating group) is 1. The maximum absolute atomic E-state index is 12.9. The van der Waals surface area contributed by atoms with Crippen molar-refractivity contribution in [2.45, 2.75) is 206 Å². The number of hydrogen-bond acceptors (Lipinski definition) is 6. The molecule has 0 aromatic heterocycles. The van der Waals surface area contributed by atoms with Crippen molar-refractivity contribution in [3.8, 4) is 0 Å². The number of phosphoric acid groups is 1. The number of nitrogens with zero attached hydrogens (tertiary/aromatic N) is 1. The fraction of sp³-hybridized carbons (Fsp3) is 0.809. The number of aliphatic hydroxyl groups is 1. The first-order valence-electron chi connectivity index (χ1n) is 23.0. The summed E-state index contributed by atoms with van der Waals surface area (Å²) >= 11 is 0. The fourth-order valence-electron chi connectivity index (χ4n) is 6.38. The third-order valence-corrected chi connectivity index (χ3v) is 11.0. The van der Waals surface area contributed by atoms with Crippen LogP contribution in [0.4, 0.5) is 0 Å². The zero-order chi connectivity index (χ0) is 41.4. The van der Waals surface area contributed by atoms with E-state index in [1.165, 1.54) is 116 Å². The normalized spacial score (nSPS) is 14.8. The van der Waals surface area contributed by atoms with Crippen LogP contribution in [-0.4, -0.2) is 68.5 Å². The van der Waals surface area contributed by atoms with Crippen LogP contribution in [0, 0.1) is 0 Å². The van der Waals surface area contributed by atoms with E-state index in [0.29, 0.717) is 23.9 Å². The predicted molar refractivity (Wildman–Crippen MR) is 238 cm³/mol. The molecular formula is C47H89N2O6P. The Kier molecular flexibility index (Phi) is 37.9. The Morgan fingerprint density at radius 3 is 1.50 bits per heavy atom. The van der Waals surface area contributed by atoms with Crippen LogP contribution in [-0.2, 0) is 18.4 Å². The van der Waals surface area contributed by atoms with Gasteiger partial charge in [0, 0.05) is 6.42 Å². The number of quaternary nitrogens is 1. The highest BCUT2D eigenvalue weighted by Crippen LogP contribution is 2.38. The van der Waals surface area contributed by atoms with Crippen LogP contribution in [0.3, 0.4) is 0 Å². The Morgan fingerprint density at radius 1 is 0.625 bits per heavy atom. The summed E-state index contributed by atoms with van der Waals surface area (Å²) in [6, 6.07) is -0.829. The Balaban J connectivity index is 4.44. The molecule has 1 amide bonds. The monoisotopic (exact) mass is 809 g/mol. The first-order valence-corrected chi connectivity index (χ1v) is 24.4. The Labute approximate surface area is 346 Å². The molecule has 0 aromatic carbocycles. The van der Waals surface area contributed by atoms with Crippen LogP contribution in [0.25, 0.3) is 0 Å². The van der Waals surface area contributed by atoms with E-state index in [0.717, 1.165) is 44.9 Å². The van der Waals surface area contributed by atoms with Gasteiger partial charge in [-0.05, 0) is 51.4 Å². The number of amides is 1. The zero-order valence-corrected chi connectivity index (χ0v) is 38.0. The standard InChI is InChI=1S/C47H89N2O6P/c1-6-8-10-12-14-16-18-20-21-22-23-24-25-26-27-29-31-33-35-37-39-41-47(51)48-45(44-55-56(52,53)54-43-42-49(3,4)5)46(50)40-38-36-34-32-30-28-19-17-15-13-11-9-7-2/h21-22,24-25,27,29,33,35,45-46,50H,6-20,23,26,28,30-32,34,36-44H2,1-5H3,(H-,48,51,52,53)/b22-21+,25-24+,29-27+,35-33+. The van der Waals surface area contributed by atoms with Crippen molar-refractivity contribution < 1.29 is 32.9 Å². The molecule has 0 aliphatic carbocycles. The second kappa shape index (κ2) is 38.9. The molecule has 2 N–H and O–H groups in total. The van der Waals surface area contributed by atoms with Gasteiger partial charge < -0.3 is 28.8 Å². The summed E-state index contributed by atoms with van der Waals surface area (Å²) in [5.74, 6) is -0.220. The van der Waals surface area contributed by atoms with Crippen molar-refractivity contribution in [3.63, 3.8) is 0 Å².